The first kappa shape index (κ1) is 12.1. The number of hydrogen-bond acceptors (Lipinski definition) is 5. The summed E-state index contributed by atoms with van der Waals surface area (Å²) in [5.41, 5.74) is 0.710. The molecule has 0 saturated carbocycles. The number of methoxy groups -OCH3 is 3. The second kappa shape index (κ2) is 5.78. The summed E-state index contributed by atoms with van der Waals surface area (Å²) in [5, 5.41) is 0. The van der Waals surface area contributed by atoms with Crippen LogP contribution in [-0.2, 0) is 11.3 Å². The van der Waals surface area contributed by atoms with Gasteiger partial charge in [-0.1, -0.05) is 0 Å². The van der Waals surface area contributed by atoms with E-state index in [9.17, 15) is 4.79 Å². The van der Waals surface area contributed by atoms with Crippen molar-refractivity contribution in [3.05, 3.63) is 17.7 Å². The van der Waals surface area contributed by atoms with E-state index >= 15 is 0 Å². The minimum atomic E-state index is 0.181. The molecule has 1 rings (SSSR count). The molecule has 86 valence electrons. The van der Waals surface area contributed by atoms with E-state index in [4.69, 9.17) is 14.2 Å². The van der Waals surface area contributed by atoms with Gasteiger partial charge in [0.1, 0.15) is 5.75 Å². The Hall–Kier alpha value is -2.00. The van der Waals surface area contributed by atoms with Crippen LogP contribution < -0.4 is 14.2 Å². The first-order chi connectivity index (χ1) is 7.76. The van der Waals surface area contributed by atoms with Gasteiger partial charge in [-0.15, -0.1) is 0 Å². The quantitative estimate of drug-likeness (QED) is 0.561. The van der Waals surface area contributed by atoms with Gasteiger partial charge < -0.3 is 14.2 Å². The van der Waals surface area contributed by atoms with E-state index in [0.717, 1.165) is 0 Å². The summed E-state index contributed by atoms with van der Waals surface area (Å²) in [6.45, 7) is 0.181. The Morgan fingerprint density at radius 3 is 2.44 bits per heavy atom. The Labute approximate surface area is 93.7 Å². The molecule has 0 bridgehead atoms. The molecule has 0 aliphatic heterocycles. The Balaban J connectivity index is 3.24. The third-order valence-electron chi connectivity index (χ3n) is 2.08. The van der Waals surface area contributed by atoms with Crippen molar-refractivity contribution in [3.63, 3.8) is 0 Å². The molecule has 1 aromatic rings. The molecule has 0 N–H and O–H groups in total. The molecule has 0 heterocycles. The van der Waals surface area contributed by atoms with Crippen molar-refractivity contribution in [2.45, 2.75) is 6.54 Å². The van der Waals surface area contributed by atoms with Gasteiger partial charge in [-0.25, -0.2) is 9.79 Å². The fourth-order valence-corrected chi connectivity index (χ4v) is 1.37. The van der Waals surface area contributed by atoms with Crippen LogP contribution in [0.3, 0.4) is 0 Å². The molecule has 0 atom stereocenters. The molecule has 0 saturated heterocycles. The highest BCUT2D eigenvalue weighted by atomic mass is 16.5. The molecule has 0 aliphatic carbocycles. The average Bonchev–Trinajstić information content (AvgIpc) is 2.34. The molecule has 0 radical (unpaired) electrons. The van der Waals surface area contributed by atoms with E-state index in [0.29, 0.717) is 22.8 Å². The third-order valence-corrected chi connectivity index (χ3v) is 2.08. The Kier molecular flexibility index (Phi) is 4.36. The van der Waals surface area contributed by atoms with Crippen molar-refractivity contribution >= 4 is 6.08 Å². The van der Waals surface area contributed by atoms with E-state index < -0.39 is 0 Å². The minimum absolute atomic E-state index is 0.181. The molecule has 0 amide bonds. The summed E-state index contributed by atoms with van der Waals surface area (Å²) < 4.78 is 15.4. The number of hydrogen-bond donors (Lipinski definition) is 0. The lowest BCUT2D eigenvalue weighted by atomic mass is 10.1. The van der Waals surface area contributed by atoms with Crippen LogP contribution in [0.1, 0.15) is 5.56 Å². The number of benzene rings is 1. The van der Waals surface area contributed by atoms with Gasteiger partial charge in [0.15, 0.2) is 11.5 Å². The maximum atomic E-state index is 10.1. The van der Waals surface area contributed by atoms with Crippen LogP contribution in [0.5, 0.6) is 17.2 Å². The van der Waals surface area contributed by atoms with Gasteiger partial charge in [0, 0.05) is 11.6 Å². The van der Waals surface area contributed by atoms with Gasteiger partial charge in [-0.05, 0) is 6.07 Å². The number of carbonyl (C=O) groups excluding carboxylic acids is 1. The summed E-state index contributed by atoms with van der Waals surface area (Å²) in [6.07, 6.45) is 1.48. The summed E-state index contributed by atoms with van der Waals surface area (Å²) in [5.74, 6) is 1.70. The van der Waals surface area contributed by atoms with Crippen LogP contribution >= 0.6 is 0 Å². The lowest BCUT2D eigenvalue weighted by molar-refractivity contribution is 0.345. The summed E-state index contributed by atoms with van der Waals surface area (Å²) in [7, 11) is 4.61. The van der Waals surface area contributed by atoms with E-state index in [1.807, 2.05) is 0 Å². The monoisotopic (exact) mass is 223 g/mol. The van der Waals surface area contributed by atoms with E-state index in [1.54, 1.807) is 19.2 Å². The van der Waals surface area contributed by atoms with Crippen molar-refractivity contribution in [2.24, 2.45) is 4.99 Å². The molecular formula is C11H13NO4. The van der Waals surface area contributed by atoms with E-state index in [2.05, 4.69) is 4.99 Å². The molecule has 16 heavy (non-hydrogen) atoms. The maximum absolute atomic E-state index is 10.1. The molecular weight excluding hydrogens is 210 g/mol. The maximum Gasteiger partial charge on any atom is 0.235 e. The summed E-state index contributed by atoms with van der Waals surface area (Å²) in [4.78, 5) is 13.6. The SMILES string of the molecule is COc1cc(CN=C=O)c(OC)c(OC)c1. The van der Waals surface area contributed by atoms with Crippen molar-refractivity contribution in [2.75, 3.05) is 21.3 Å². The molecule has 0 fully saturated rings. The van der Waals surface area contributed by atoms with Crippen LogP contribution in [0.2, 0.25) is 0 Å². The molecule has 5 heteroatoms. The minimum Gasteiger partial charge on any atom is -0.497 e. The van der Waals surface area contributed by atoms with Crippen molar-refractivity contribution in [1.29, 1.82) is 0 Å². The topological polar surface area (TPSA) is 57.1 Å². The van der Waals surface area contributed by atoms with E-state index in [1.165, 1.54) is 20.3 Å². The third kappa shape index (κ3) is 2.52. The molecule has 5 nitrogen and oxygen atoms in total. The normalized spacial score (nSPS) is 9.19. The number of aliphatic imine (C=N–C) groups is 1. The van der Waals surface area contributed by atoms with Gasteiger partial charge in [-0.3, -0.25) is 0 Å². The van der Waals surface area contributed by atoms with Crippen LogP contribution in [0.25, 0.3) is 0 Å². The number of ether oxygens (including phenoxy) is 3. The Bertz CT molecular complexity index is 411. The summed E-state index contributed by atoms with van der Waals surface area (Å²) in [6, 6.07) is 3.44. The predicted molar refractivity (Wildman–Crippen MR) is 57.9 cm³/mol. The lowest BCUT2D eigenvalue weighted by Crippen LogP contribution is -1.97. The smallest absolute Gasteiger partial charge is 0.235 e. The van der Waals surface area contributed by atoms with Crippen molar-refractivity contribution in [3.8, 4) is 17.2 Å². The zero-order valence-corrected chi connectivity index (χ0v) is 9.44. The molecule has 0 aliphatic rings. The predicted octanol–water partition coefficient (Wildman–Crippen LogP) is 1.55. The van der Waals surface area contributed by atoms with Crippen LogP contribution in [0.4, 0.5) is 0 Å². The summed E-state index contributed by atoms with van der Waals surface area (Å²) >= 11 is 0. The number of rotatable bonds is 5. The van der Waals surface area contributed by atoms with Crippen molar-refractivity contribution in [1.82, 2.24) is 0 Å². The second-order valence-electron chi connectivity index (χ2n) is 2.93. The largest absolute Gasteiger partial charge is 0.497 e. The number of isocyanates is 1. The Morgan fingerprint density at radius 1 is 1.19 bits per heavy atom. The molecule has 0 unspecified atom stereocenters. The van der Waals surface area contributed by atoms with Gasteiger partial charge in [-0.2, -0.15) is 0 Å². The van der Waals surface area contributed by atoms with Gasteiger partial charge >= 0.3 is 0 Å². The number of nitrogens with zero attached hydrogens (tertiary/aromatic N) is 1. The van der Waals surface area contributed by atoms with Gasteiger partial charge in [0.05, 0.1) is 27.9 Å². The van der Waals surface area contributed by atoms with Gasteiger partial charge in [0.2, 0.25) is 6.08 Å². The first-order valence-corrected chi connectivity index (χ1v) is 4.59. The highest BCUT2D eigenvalue weighted by Gasteiger charge is 2.12. The van der Waals surface area contributed by atoms with Crippen LogP contribution in [0, 0.1) is 0 Å². The first-order valence-electron chi connectivity index (χ1n) is 4.59. The second-order valence-corrected chi connectivity index (χ2v) is 2.93. The highest BCUT2D eigenvalue weighted by molar-refractivity contribution is 5.52. The fourth-order valence-electron chi connectivity index (χ4n) is 1.37. The highest BCUT2D eigenvalue weighted by Crippen LogP contribution is 2.35. The molecule has 0 aromatic heterocycles. The zero-order chi connectivity index (χ0) is 12.0. The average molecular weight is 223 g/mol. The lowest BCUT2D eigenvalue weighted by Gasteiger charge is -2.13. The van der Waals surface area contributed by atoms with E-state index in [-0.39, 0.29) is 6.54 Å². The standard InChI is InChI=1S/C11H13NO4/c1-14-9-4-8(6-12-7-13)11(16-3)10(5-9)15-2/h4-5H,6H2,1-3H3. The zero-order valence-electron chi connectivity index (χ0n) is 9.44. The molecule has 1 aromatic carbocycles. The Morgan fingerprint density at radius 2 is 1.94 bits per heavy atom. The van der Waals surface area contributed by atoms with Gasteiger partial charge in [0.25, 0.3) is 0 Å². The van der Waals surface area contributed by atoms with Crippen LogP contribution in [-0.4, -0.2) is 27.4 Å². The van der Waals surface area contributed by atoms with Crippen LogP contribution in [0.15, 0.2) is 17.1 Å². The fraction of sp³-hybridized carbons (Fsp3) is 0.364. The molecule has 0 spiro atoms. The van der Waals surface area contributed by atoms with Crippen molar-refractivity contribution < 1.29 is 19.0 Å².